The summed E-state index contributed by atoms with van der Waals surface area (Å²) in [6, 6.07) is 10.4. The van der Waals surface area contributed by atoms with Crippen LogP contribution in [0.15, 0.2) is 30.3 Å². The van der Waals surface area contributed by atoms with Crippen molar-refractivity contribution in [1.82, 2.24) is 4.90 Å². The zero-order valence-electron chi connectivity index (χ0n) is 11.8. The highest BCUT2D eigenvalue weighted by Gasteiger charge is 2.37. The molecule has 1 aromatic carbocycles. The molecule has 0 aliphatic carbocycles. The molecular formula is C16H23NO2. The first kappa shape index (κ1) is 14.1. The number of hydrogen-bond donors (Lipinski definition) is 1. The third-order valence-corrected chi connectivity index (χ3v) is 4.19. The second-order valence-corrected chi connectivity index (χ2v) is 6.02. The lowest BCUT2D eigenvalue weighted by Crippen LogP contribution is -2.47. The number of hydrogen-bond acceptors (Lipinski definition) is 2. The highest BCUT2D eigenvalue weighted by molar-refractivity contribution is 5.74. The molecule has 3 nitrogen and oxygen atoms in total. The summed E-state index contributed by atoms with van der Waals surface area (Å²) in [4.78, 5) is 13.7. The van der Waals surface area contributed by atoms with Gasteiger partial charge in [0.2, 0.25) is 0 Å². The largest absolute Gasteiger partial charge is 0.481 e. The molecule has 3 heteroatoms. The third kappa shape index (κ3) is 3.35. The maximum absolute atomic E-state index is 11.4. The summed E-state index contributed by atoms with van der Waals surface area (Å²) in [5.41, 5.74) is 0.749. The lowest BCUT2D eigenvalue weighted by molar-refractivity contribution is -0.151. The Morgan fingerprint density at radius 3 is 2.74 bits per heavy atom. The Bertz CT molecular complexity index is 432. The smallest absolute Gasteiger partial charge is 0.310 e. The van der Waals surface area contributed by atoms with Gasteiger partial charge in [-0.2, -0.15) is 0 Å². The Labute approximate surface area is 115 Å². The molecule has 1 aliphatic heterocycles. The van der Waals surface area contributed by atoms with Gasteiger partial charge in [0.15, 0.2) is 0 Å². The van der Waals surface area contributed by atoms with Crippen molar-refractivity contribution < 1.29 is 9.90 Å². The van der Waals surface area contributed by atoms with Gasteiger partial charge in [0.05, 0.1) is 5.41 Å². The number of carboxylic acids is 1. The van der Waals surface area contributed by atoms with E-state index < -0.39 is 11.4 Å². The lowest BCUT2D eigenvalue weighted by Gasteiger charge is -2.38. The summed E-state index contributed by atoms with van der Waals surface area (Å²) < 4.78 is 0. The van der Waals surface area contributed by atoms with E-state index >= 15 is 0 Å². The number of rotatable bonds is 4. The third-order valence-electron chi connectivity index (χ3n) is 4.19. The summed E-state index contributed by atoms with van der Waals surface area (Å²) >= 11 is 0. The standard InChI is InChI=1S/C16H23NO2/c1-13(14-7-4-3-5-8-14)11-17-10-6-9-16(2,12-17)15(18)19/h3-5,7-8,13H,6,9-12H2,1-2H3,(H,18,19). The van der Waals surface area contributed by atoms with Crippen LogP contribution in [0.2, 0.25) is 0 Å². The van der Waals surface area contributed by atoms with Crippen LogP contribution >= 0.6 is 0 Å². The first-order valence-corrected chi connectivity index (χ1v) is 7.02. The van der Waals surface area contributed by atoms with Crippen molar-refractivity contribution in [3.8, 4) is 0 Å². The number of carboxylic acid groups (broad SMARTS) is 1. The second-order valence-electron chi connectivity index (χ2n) is 6.02. The number of benzene rings is 1. The van der Waals surface area contributed by atoms with Crippen molar-refractivity contribution >= 4 is 5.97 Å². The van der Waals surface area contributed by atoms with Gasteiger partial charge in [-0.3, -0.25) is 4.79 Å². The molecule has 19 heavy (non-hydrogen) atoms. The van der Waals surface area contributed by atoms with Crippen molar-refractivity contribution in [3.63, 3.8) is 0 Å². The quantitative estimate of drug-likeness (QED) is 0.906. The number of likely N-dealkylation sites (tertiary alicyclic amines) is 1. The monoisotopic (exact) mass is 261 g/mol. The molecule has 0 amide bonds. The van der Waals surface area contributed by atoms with Gasteiger partial charge in [0.1, 0.15) is 0 Å². The van der Waals surface area contributed by atoms with E-state index in [1.807, 2.05) is 13.0 Å². The molecule has 0 saturated carbocycles. The molecule has 0 bridgehead atoms. The van der Waals surface area contributed by atoms with Crippen LogP contribution in [-0.4, -0.2) is 35.6 Å². The average molecular weight is 261 g/mol. The topological polar surface area (TPSA) is 40.5 Å². The Morgan fingerprint density at radius 2 is 2.11 bits per heavy atom. The van der Waals surface area contributed by atoms with Crippen LogP contribution in [0.25, 0.3) is 0 Å². The molecule has 0 spiro atoms. The van der Waals surface area contributed by atoms with Crippen molar-refractivity contribution in [2.24, 2.45) is 5.41 Å². The van der Waals surface area contributed by atoms with E-state index in [4.69, 9.17) is 0 Å². The van der Waals surface area contributed by atoms with Gasteiger partial charge in [0.25, 0.3) is 0 Å². The zero-order valence-corrected chi connectivity index (χ0v) is 11.8. The SMILES string of the molecule is CC(CN1CCCC(C)(C(=O)O)C1)c1ccccc1. The maximum atomic E-state index is 11.4. The van der Waals surface area contributed by atoms with Crippen molar-refractivity contribution in [1.29, 1.82) is 0 Å². The molecule has 1 aliphatic rings. The maximum Gasteiger partial charge on any atom is 0.310 e. The summed E-state index contributed by atoms with van der Waals surface area (Å²) in [5, 5.41) is 9.34. The average Bonchev–Trinajstić information content (AvgIpc) is 2.39. The molecule has 104 valence electrons. The van der Waals surface area contributed by atoms with Gasteiger partial charge in [-0.1, -0.05) is 37.3 Å². The van der Waals surface area contributed by atoms with E-state index in [1.165, 1.54) is 5.56 Å². The van der Waals surface area contributed by atoms with Gasteiger partial charge in [-0.15, -0.1) is 0 Å². The van der Waals surface area contributed by atoms with Gasteiger partial charge in [0, 0.05) is 13.1 Å². The summed E-state index contributed by atoms with van der Waals surface area (Å²) in [6.07, 6.45) is 1.77. The van der Waals surface area contributed by atoms with Crippen molar-refractivity contribution in [2.45, 2.75) is 32.6 Å². The summed E-state index contributed by atoms with van der Waals surface area (Å²) in [5.74, 6) is -0.220. The Kier molecular flexibility index (Phi) is 4.25. The number of carbonyl (C=O) groups is 1. The minimum atomic E-state index is -0.662. The first-order valence-electron chi connectivity index (χ1n) is 7.02. The fourth-order valence-corrected chi connectivity index (χ4v) is 2.95. The molecule has 1 aromatic rings. The first-order chi connectivity index (χ1) is 9.01. The number of aliphatic carboxylic acids is 1. The summed E-state index contributed by atoms with van der Waals surface area (Å²) in [6.45, 7) is 6.70. The molecule has 2 rings (SSSR count). The van der Waals surface area contributed by atoms with Crippen LogP contribution in [0, 0.1) is 5.41 Å². The van der Waals surface area contributed by atoms with Crippen LogP contribution in [0.3, 0.4) is 0 Å². The predicted octanol–water partition coefficient (Wildman–Crippen LogP) is 2.98. The highest BCUT2D eigenvalue weighted by atomic mass is 16.4. The van der Waals surface area contributed by atoms with Crippen LogP contribution in [0.4, 0.5) is 0 Å². The Balaban J connectivity index is 1.98. The molecule has 2 atom stereocenters. The van der Waals surface area contributed by atoms with E-state index in [0.717, 1.165) is 25.9 Å². The predicted molar refractivity (Wildman–Crippen MR) is 76.3 cm³/mol. The van der Waals surface area contributed by atoms with Crippen molar-refractivity contribution in [3.05, 3.63) is 35.9 Å². The highest BCUT2D eigenvalue weighted by Crippen LogP contribution is 2.30. The van der Waals surface area contributed by atoms with Gasteiger partial charge in [-0.05, 0) is 37.8 Å². The second kappa shape index (κ2) is 5.74. The summed E-state index contributed by atoms with van der Waals surface area (Å²) in [7, 11) is 0. The molecule has 1 saturated heterocycles. The van der Waals surface area contributed by atoms with E-state index in [9.17, 15) is 9.90 Å². The lowest BCUT2D eigenvalue weighted by atomic mass is 9.81. The van der Waals surface area contributed by atoms with Crippen LogP contribution in [-0.2, 0) is 4.79 Å². The fourth-order valence-electron chi connectivity index (χ4n) is 2.95. The van der Waals surface area contributed by atoms with E-state index in [-0.39, 0.29) is 0 Å². The molecule has 1 N–H and O–H groups in total. The van der Waals surface area contributed by atoms with E-state index in [2.05, 4.69) is 36.1 Å². The zero-order chi connectivity index (χ0) is 13.9. The minimum Gasteiger partial charge on any atom is -0.481 e. The normalized spacial score (nSPS) is 26.0. The van der Waals surface area contributed by atoms with Crippen LogP contribution < -0.4 is 0 Å². The minimum absolute atomic E-state index is 0.442. The number of piperidine rings is 1. The van der Waals surface area contributed by atoms with Crippen molar-refractivity contribution in [2.75, 3.05) is 19.6 Å². The molecule has 1 fully saturated rings. The molecule has 0 aromatic heterocycles. The fraction of sp³-hybridized carbons (Fsp3) is 0.562. The molecule has 0 radical (unpaired) electrons. The van der Waals surface area contributed by atoms with Gasteiger partial charge >= 0.3 is 5.97 Å². The van der Waals surface area contributed by atoms with Crippen LogP contribution in [0.1, 0.15) is 38.2 Å². The van der Waals surface area contributed by atoms with Crippen LogP contribution in [0.5, 0.6) is 0 Å². The molecular weight excluding hydrogens is 238 g/mol. The number of nitrogens with zero attached hydrogens (tertiary/aromatic N) is 1. The Morgan fingerprint density at radius 1 is 1.42 bits per heavy atom. The molecule has 2 unspecified atom stereocenters. The van der Waals surface area contributed by atoms with Gasteiger partial charge < -0.3 is 10.0 Å². The molecule has 1 heterocycles. The Hall–Kier alpha value is -1.35. The van der Waals surface area contributed by atoms with Gasteiger partial charge in [-0.25, -0.2) is 0 Å². The van der Waals surface area contributed by atoms with E-state index in [0.29, 0.717) is 12.5 Å². The van der Waals surface area contributed by atoms with E-state index in [1.54, 1.807) is 0 Å².